The van der Waals surface area contributed by atoms with Crippen LogP contribution in [0.25, 0.3) is 0 Å². The van der Waals surface area contributed by atoms with Crippen LogP contribution in [0.4, 0.5) is 4.39 Å². The molecule has 0 heterocycles. The van der Waals surface area contributed by atoms with E-state index in [1.807, 2.05) is 31.2 Å². The molecule has 0 spiro atoms. The van der Waals surface area contributed by atoms with Crippen molar-refractivity contribution >= 4 is 5.91 Å². The van der Waals surface area contributed by atoms with Gasteiger partial charge in [0, 0.05) is 6.54 Å². The molecular formula is C19H22FNO3. The molecule has 2 aromatic rings. The van der Waals surface area contributed by atoms with Gasteiger partial charge >= 0.3 is 0 Å². The second kappa shape index (κ2) is 9.55. The van der Waals surface area contributed by atoms with E-state index in [4.69, 9.17) is 9.47 Å². The largest absolute Gasteiger partial charge is 0.494 e. The number of rotatable bonds is 9. The van der Waals surface area contributed by atoms with Crippen molar-refractivity contribution in [2.75, 3.05) is 19.8 Å². The Morgan fingerprint density at radius 2 is 1.83 bits per heavy atom. The minimum Gasteiger partial charge on any atom is -0.494 e. The van der Waals surface area contributed by atoms with Crippen molar-refractivity contribution in [1.82, 2.24) is 5.32 Å². The van der Waals surface area contributed by atoms with Crippen LogP contribution in [0.2, 0.25) is 0 Å². The average molecular weight is 331 g/mol. The van der Waals surface area contributed by atoms with Gasteiger partial charge in [-0.15, -0.1) is 0 Å². The number of unbranched alkanes of at least 4 members (excludes halogenated alkanes) is 1. The van der Waals surface area contributed by atoms with E-state index in [9.17, 15) is 9.18 Å². The Morgan fingerprint density at radius 1 is 1.04 bits per heavy atom. The molecule has 0 bridgehead atoms. The first-order valence-electron chi connectivity index (χ1n) is 7.98. The number of aryl methyl sites for hydroxylation is 1. The van der Waals surface area contributed by atoms with E-state index in [2.05, 4.69) is 5.32 Å². The van der Waals surface area contributed by atoms with Crippen molar-refractivity contribution in [3.8, 4) is 11.5 Å². The van der Waals surface area contributed by atoms with Crippen molar-refractivity contribution in [3.63, 3.8) is 0 Å². The molecule has 0 saturated carbocycles. The van der Waals surface area contributed by atoms with Crippen molar-refractivity contribution in [1.29, 1.82) is 0 Å². The highest BCUT2D eigenvalue weighted by Crippen LogP contribution is 2.12. The first-order valence-corrected chi connectivity index (χ1v) is 7.98. The third kappa shape index (κ3) is 6.69. The van der Waals surface area contributed by atoms with Crippen LogP contribution in [0.5, 0.6) is 11.5 Å². The summed E-state index contributed by atoms with van der Waals surface area (Å²) in [6, 6.07) is 13.5. The summed E-state index contributed by atoms with van der Waals surface area (Å²) >= 11 is 0. The zero-order valence-corrected chi connectivity index (χ0v) is 13.8. The molecule has 0 aliphatic rings. The number of ether oxygens (including phenoxy) is 2. The lowest BCUT2D eigenvalue weighted by atomic mass is 10.2. The number of carbonyl (C=O) groups is 1. The lowest BCUT2D eigenvalue weighted by Gasteiger charge is -2.08. The number of carbonyl (C=O) groups excluding carboxylic acids is 1. The lowest BCUT2D eigenvalue weighted by Crippen LogP contribution is -2.29. The number of benzene rings is 2. The number of amides is 1. The maximum absolute atomic E-state index is 12.7. The maximum atomic E-state index is 12.7. The van der Waals surface area contributed by atoms with Crippen LogP contribution in [0.15, 0.2) is 48.5 Å². The summed E-state index contributed by atoms with van der Waals surface area (Å²) in [5, 5.41) is 2.80. The molecule has 0 aliphatic heterocycles. The molecular weight excluding hydrogens is 309 g/mol. The van der Waals surface area contributed by atoms with Crippen molar-refractivity contribution in [3.05, 3.63) is 59.9 Å². The van der Waals surface area contributed by atoms with Crippen LogP contribution in [0.1, 0.15) is 18.4 Å². The van der Waals surface area contributed by atoms with Gasteiger partial charge in [-0.3, -0.25) is 4.79 Å². The Hall–Kier alpha value is -2.56. The molecule has 0 atom stereocenters. The van der Waals surface area contributed by atoms with E-state index in [0.717, 1.165) is 18.4 Å². The minimum absolute atomic E-state index is 0.00946. The third-order valence-electron chi connectivity index (χ3n) is 3.34. The molecule has 0 saturated heterocycles. The number of hydrogen-bond acceptors (Lipinski definition) is 3. The lowest BCUT2D eigenvalue weighted by molar-refractivity contribution is -0.123. The first kappa shape index (κ1) is 17.8. The van der Waals surface area contributed by atoms with Gasteiger partial charge in [0.2, 0.25) is 0 Å². The van der Waals surface area contributed by atoms with Gasteiger partial charge in [-0.1, -0.05) is 12.1 Å². The molecule has 2 rings (SSSR count). The molecule has 0 fully saturated rings. The van der Waals surface area contributed by atoms with Crippen LogP contribution in [-0.2, 0) is 4.79 Å². The van der Waals surface area contributed by atoms with Gasteiger partial charge in [-0.05, 0) is 61.7 Å². The SMILES string of the molecule is Cc1cccc(OCC(=O)NCCCCOc2ccc(F)cc2)c1. The Labute approximate surface area is 141 Å². The first-order chi connectivity index (χ1) is 11.6. The standard InChI is InChI=1S/C19H22FNO3/c1-15-5-4-6-18(13-15)24-14-19(22)21-11-2-3-12-23-17-9-7-16(20)8-10-17/h4-10,13H,2-3,11-12,14H2,1H3,(H,21,22). The fraction of sp³-hybridized carbons (Fsp3) is 0.316. The summed E-state index contributed by atoms with van der Waals surface area (Å²) < 4.78 is 23.6. The molecule has 1 amide bonds. The summed E-state index contributed by atoms with van der Waals surface area (Å²) in [4.78, 5) is 11.7. The van der Waals surface area contributed by atoms with E-state index >= 15 is 0 Å². The summed E-state index contributed by atoms with van der Waals surface area (Å²) in [5.41, 5.74) is 1.09. The number of nitrogens with one attached hydrogen (secondary N) is 1. The average Bonchev–Trinajstić information content (AvgIpc) is 2.58. The van der Waals surface area contributed by atoms with Crippen LogP contribution in [-0.4, -0.2) is 25.7 Å². The van der Waals surface area contributed by atoms with Gasteiger partial charge in [-0.2, -0.15) is 0 Å². The van der Waals surface area contributed by atoms with Crippen LogP contribution < -0.4 is 14.8 Å². The highest BCUT2D eigenvalue weighted by Gasteiger charge is 2.02. The predicted octanol–water partition coefficient (Wildman–Crippen LogP) is 3.49. The Balaban J connectivity index is 1.52. The van der Waals surface area contributed by atoms with Crippen LogP contribution in [0, 0.1) is 12.7 Å². The monoisotopic (exact) mass is 331 g/mol. The van der Waals surface area contributed by atoms with Gasteiger partial charge < -0.3 is 14.8 Å². The fourth-order valence-corrected chi connectivity index (χ4v) is 2.08. The molecule has 1 N–H and O–H groups in total. The topological polar surface area (TPSA) is 47.6 Å². The highest BCUT2D eigenvalue weighted by atomic mass is 19.1. The Kier molecular flexibility index (Phi) is 7.08. The number of halogens is 1. The molecule has 128 valence electrons. The zero-order valence-electron chi connectivity index (χ0n) is 13.8. The smallest absolute Gasteiger partial charge is 0.257 e. The fourth-order valence-electron chi connectivity index (χ4n) is 2.08. The molecule has 24 heavy (non-hydrogen) atoms. The quantitative estimate of drug-likeness (QED) is 0.716. The summed E-state index contributed by atoms with van der Waals surface area (Å²) in [5.74, 6) is 0.916. The molecule has 0 radical (unpaired) electrons. The van der Waals surface area contributed by atoms with Crippen molar-refractivity contribution in [2.24, 2.45) is 0 Å². The molecule has 0 aromatic heterocycles. The van der Waals surface area contributed by atoms with E-state index in [1.165, 1.54) is 12.1 Å². The van der Waals surface area contributed by atoms with Gasteiger partial charge in [0.05, 0.1) is 6.61 Å². The normalized spacial score (nSPS) is 10.2. The Bertz CT molecular complexity index is 643. The summed E-state index contributed by atoms with van der Waals surface area (Å²) in [7, 11) is 0. The van der Waals surface area contributed by atoms with Crippen molar-refractivity contribution < 1.29 is 18.7 Å². The van der Waals surface area contributed by atoms with Gasteiger partial charge in [0.25, 0.3) is 5.91 Å². The Morgan fingerprint density at radius 3 is 2.58 bits per heavy atom. The minimum atomic E-state index is -0.280. The van der Waals surface area contributed by atoms with Crippen molar-refractivity contribution in [2.45, 2.75) is 19.8 Å². The van der Waals surface area contributed by atoms with Gasteiger partial charge in [0.1, 0.15) is 17.3 Å². The van der Waals surface area contributed by atoms with E-state index in [-0.39, 0.29) is 18.3 Å². The van der Waals surface area contributed by atoms with Crippen LogP contribution >= 0.6 is 0 Å². The van der Waals surface area contributed by atoms with E-state index < -0.39 is 0 Å². The molecule has 4 nitrogen and oxygen atoms in total. The summed E-state index contributed by atoms with van der Waals surface area (Å²) in [6.07, 6.45) is 1.60. The highest BCUT2D eigenvalue weighted by molar-refractivity contribution is 5.77. The third-order valence-corrected chi connectivity index (χ3v) is 3.34. The predicted molar refractivity (Wildman–Crippen MR) is 90.8 cm³/mol. The zero-order chi connectivity index (χ0) is 17.2. The number of hydrogen-bond donors (Lipinski definition) is 1. The molecule has 0 aliphatic carbocycles. The second-order valence-electron chi connectivity index (χ2n) is 5.46. The second-order valence-corrected chi connectivity index (χ2v) is 5.46. The molecule has 0 unspecified atom stereocenters. The van der Waals surface area contributed by atoms with E-state index in [1.54, 1.807) is 12.1 Å². The van der Waals surface area contributed by atoms with E-state index in [0.29, 0.717) is 24.7 Å². The van der Waals surface area contributed by atoms with Crippen LogP contribution in [0.3, 0.4) is 0 Å². The molecule has 5 heteroatoms. The van der Waals surface area contributed by atoms with Gasteiger partial charge in [-0.25, -0.2) is 4.39 Å². The van der Waals surface area contributed by atoms with Gasteiger partial charge in [0.15, 0.2) is 6.61 Å². The summed E-state index contributed by atoms with van der Waals surface area (Å²) in [6.45, 7) is 3.08. The molecule has 2 aromatic carbocycles. The maximum Gasteiger partial charge on any atom is 0.257 e.